The van der Waals surface area contributed by atoms with Gasteiger partial charge in [-0.3, -0.25) is 0 Å². The van der Waals surface area contributed by atoms with E-state index >= 15 is 0 Å². The molecule has 0 saturated carbocycles. The SMILES string of the molecule is [C]#CC(CC)c1ccc2cc3ccccc3cc2c1. The Kier molecular flexibility index (Phi) is 2.97. The molecule has 3 aromatic rings. The van der Waals surface area contributed by atoms with Crippen molar-refractivity contribution >= 4 is 21.5 Å². The molecule has 0 amide bonds. The lowest BCUT2D eigenvalue weighted by molar-refractivity contribution is 0.831. The normalized spacial score (nSPS) is 12.4. The fourth-order valence-electron chi connectivity index (χ4n) is 2.60. The van der Waals surface area contributed by atoms with E-state index in [1.807, 2.05) is 0 Å². The van der Waals surface area contributed by atoms with E-state index in [1.165, 1.54) is 27.1 Å². The van der Waals surface area contributed by atoms with Crippen LogP contribution in [-0.2, 0) is 0 Å². The van der Waals surface area contributed by atoms with Gasteiger partial charge < -0.3 is 0 Å². The minimum absolute atomic E-state index is 0.107. The van der Waals surface area contributed by atoms with E-state index in [0.29, 0.717) is 0 Å². The fraction of sp³-hybridized carbons (Fsp3) is 0.158. The first-order valence-corrected chi connectivity index (χ1v) is 6.66. The Morgan fingerprint density at radius 1 is 0.895 bits per heavy atom. The van der Waals surface area contributed by atoms with E-state index in [0.717, 1.165) is 6.42 Å². The molecule has 1 unspecified atom stereocenters. The van der Waals surface area contributed by atoms with Gasteiger partial charge in [-0.25, -0.2) is 0 Å². The van der Waals surface area contributed by atoms with Gasteiger partial charge in [0.1, 0.15) is 0 Å². The molecule has 0 heterocycles. The zero-order valence-corrected chi connectivity index (χ0v) is 11.0. The van der Waals surface area contributed by atoms with Crippen molar-refractivity contribution < 1.29 is 0 Å². The number of rotatable bonds is 2. The maximum atomic E-state index is 7.39. The Labute approximate surface area is 114 Å². The lowest BCUT2D eigenvalue weighted by Gasteiger charge is -2.10. The molecule has 0 heteroatoms. The summed E-state index contributed by atoms with van der Waals surface area (Å²) in [6.45, 7) is 2.09. The molecule has 0 N–H and O–H groups in total. The Morgan fingerprint density at radius 2 is 1.53 bits per heavy atom. The standard InChI is InChI=1S/C19H15/c1-3-14(4-2)17-9-10-18-11-15-7-5-6-8-16(15)12-19(18)13-17/h5-14H,3H2,1H3. The molecule has 0 nitrogen and oxygen atoms in total. The van der Waals surface area contributed by atoms with Crippen LogP contribution in [0.1, 0.15) is 24.8 Å². The van der Waals surface area contributed by atoms with E-state index in [2.05, 4.69) is 67.4 Å². The van der Waals surface area contributed by atoms with Crippen molar-refractivity contribution in [3.8, 4) is 5.92 Å². The van der Waals surface area contributed by atoms with Crippen LogP contribution in [0.15, 0.2) is 54.6 Å². The zero-order chi connectivity index (χ0) is 13.2. The van der Waals surface area contributed by atoms with Crippen molar-refractivity contribution in [2.45, 2.75) is 19.3 Å². The van der Waals surface area contributed by atoms with Crippen LogP contribution in [-0.4, -0.2) is 0 Å². The van der Waals surface area contributed by atoms with Crippen LogP contribution in [0, 0.1) is 12.3 Å². The third kappa shape index (κ3) is 2.09. The Morgan fingerprint density at radius 3 is 2.16 bits per heavy atom. The van der Waals surface area contributed by atoms with Crippen molar-refractivity contribution in [2.75, 3.05) is 0 Å². The van der Waals surface area contributed by atoms with Crippen molar-refractivity contribution in [3.63, 3.8) is 0 Å². The van der Waals surface area contributed by atoms with Gasteiger partial charge in [0, 0.05) is 5.92 Å². The van der Waals surface area contributed by atoms with Gasteiger partial charge in [-0.1, -0.05) is 49.2 Å². The first-order chi connectivity index (χ1) is 9.31. The summed E-state index contributed by atoms with van der Waals surface area (Å²) >= 11 is 0. The molecule has 91 valence electrons. The number of hydrogen-bond donors (Lipinski definition) is 0. The van der Waals surface area contributed by atoms with Crippen LogP contribution in [0.5, 0.6) is 0 Å². The van der Waals surface area contributed by atoms with E-state index < -0.39 is 0 Å². The van der Waals surface area contributed by atoms with Crippen LogP contribution in [0.4, 0.5) is 0 Å². The van der Waals surface area contributed by atoms with E-state index in [9.17, 15) is 0 Å². The first-order valence-electron chi connectivity index (χ1n) is 6.66. The monoisotopic (exact) mass is 243 g/mol. The Bertz CT molecular complexity index is 775. The summed E-state index contributed by atoms with van der Waals surface area (Å²) in [5, 5.41) is 5.03. The highest BCUT2D eigenvalue weighted by atomic mass is 14.1. The topological polar surface area (TPSA) is 0 Å². The average Bonchev–Trinajstić information content (AvgIpc) is 2.46. The van der Waals surface area contributed by atoms with Gasteiger partial charge in [0.05, 0.1) is 0 Å². The summed E-state index contributed by atoms with van der Waals surface area (Å²) < 4.78 is 0. The van der Waals surface area contributed by atoms with Gasteiger partial charge in [-0.15, -0.1) is 0 Å². The predicted octanol–water partition coefficient (Wildman–Crippen LogP) is 5.08. The largest absolute Gasteiger partial charge is 0.0809 e. The zero-order valence-electron chi connectivity index (χ0n) is 11.0. The van der Waals surface area contributed by atoms with Gasteiger partial charge in [-0.2, -0.15) is 0 Å². The van der Waals surface area contributed by atoms with E-state index in [4.69, 9.17) is 6.42 Å². The molecule has 0 aliphatic rings. The third-order valence-electron chi connectivity index (χ3n) is 3.71. The lowest BCUT2D eigenvalue weighted by atomic mass is 9.94. The number of hydrogen-bond acceptors (Lipinski definition) is 0. The maximum absolute atomic E-state index is 7.39. The lowest BCUT2D eigenvalue weighted by Crippen LogP contribution is -1.93. The highest BCUT2D eigenvalue weighted by Gasteiger charge is 2.07. The minimum Gasteiger partial charge on any atom is -0.0809 e. The second-order valence-corrected chi connectivity index (χ2v) is 4.91. The molecule has 3 rings (SSSR count). The fourth-order valence-corrected chi connectivity index (χ4v) is 2.60. The molecule has 0 aliphatic carbocycles. The summed E-state index contributed by atoms with van der Waals surface area (Å²) in [7, 11) is 0. The highest BCUT2D eigenvalue weighted by molar-refractivity contribution is 5.98. The Balaban J connectivity index is 2.22. The van der Waals surface area contributed by atoms with Gasteiger partial charge in [0.15, 0.2) is 0 Å². The second-order valence-electron chi connectivity index (χ2n) is 4.91. The van der Waals surface area contributed by atoms with Crippen molar-refractivity contribution in [3.05, 3.63) is 66.6 Å². The van der Waals surface area contributed by atoms with Crippen molar-refractivity contribution in [1.82, 2.24) is 0 Å². The second kappa shape index (κ2) is 4.78. The first kappa shape index (κ1) is 11.8. The van der Waals surface area contributed by atoms with Crippen LogP contribution in [0.25, 0.3) is 21.5 Å². The molecule has 1 radical (unpaired) electrons. The van der Waals surface area contributed by atoms with Crippen molar-refractivity contribution in [2.24, 2.45) is 0 Å². The molecule has 0 aromatic heterocycles. The molecule has 1 atom stereocenters. The summed E-state index contributed by atoms with van der Waals surface area (Å²) in [6, 6.07) is 19.3. The summed E-state index contributed by atoms with van der Waals surface area (Å²) in [4.78, 5) is 0. The summed E-state index contributed by atoms with van der Waals surface area (Å²) in [5.41, 5.74) is 1.18. The number of benzene rings is 3. The molecule has 0 saturated heterocycles. The predicted molar refractivity (Wildman–Crippen MR) is 81.6 cm³/mol. The molecule has 3 aromatic carbocycles. The van der Waals surface area contributed by atoms with Crippen LogP contribution in [0.2, 0.25) is 0 Å². The average molecular weight is 243 g/mol. The van der Waals surface area contributed by atoms with Crippen LogP contribution >= 0.6 is 0 Å². The molecular weight excluding hydrogens is 228 g/mol. The van der Waals surface area contributed by atoms with Crippen LogP contribution in [0.3, 0.4) is 0 Å². The molecule has 0 bridgehead atoms. The van der Waals surface area contributed by atoms with E-state index in [-0.39, 0.29) is 5.92 Å². The van der Waals surface area contributed by atoms with Crippen molar-refractivity contribution in [1.29, 1.82) is 0 Å². The summed E-state index contributed by atoms with van der Waals surface area (Å²) in [5.74, 6) is 2.73. The van der Waals surface area contributed by atoms with Crippen LogP contribution < -0.4 is 0 Å². The molecule has 0 spiro atoms. The maximum Gasteiger partial charge on any atom is 0.0460 e. The number of fused-ring (bicyclic) bond motifs is 2. The molecular formula is C19H15. The highest BCUT2D eigenvalue weighted by Crippen LogP contribution is 2.27. The van der Waals surface area contributed by atoms with Gasteiger partial charge >= 0.3 is 0 Å². The van der Waals surface area contributed by atoms with Gasteiger partial charge in [0.2, 0.25) is 0 Å². The third-order valence-corrected chi connectivity index (χ3v) is 3.71. The molecule has 0 aliphatic heterocycles. The van der Waals surface area contributed by atoms with Gasteiger partial charge in [0.25, 0.3) is 0 Å². The Hall–Kier alpha value is -2.26. The quantitative estimate of drug-likeness (QED) is 0.435. The molecule has 0 fully saturated rings. The smallest absolute Gasteiger partial charge is 0.0460 e. The molecule has 19 heavy (non-hydrogen) atoms. The minimum atomic E-state index is 0.107. The summed E-state index contributed by atoms with van der Waals surface area (Å²) in [6.07, 6.45) is 8.31. The van der Waals surface area contributed by atoms with E-state index in [1.54, 1.807) is 0 Å². The van der Waals surface area contributed by atoms with Gasteiger partial charge in [-0.05, 0) is 58.2 Å².